The van der Waals surface area contributed by atoms with Crippen LogP contribution in [0.5, 0.6) is 0 Å². The summed E-state index contributed by atoms with van der Waals surface area (Å²) in [6.07, 6.45) is -8.86. The van der Waals surface area contributed by atoms with Crippen LogP contribution in [0, 0.1) is 11.3 Å². The first-order valence-electron chi connectivity index (χ1n) is 11.8. The molecular weight excluding hydrogens is 526 g/mol. The molecule has 2 saturated heterocycles. The van der Waals surface area contributed by atoms with E-state index in [1.807, 2.05) is 13.2 Å². The number of carbonyl (C=O) groups is 2. The highest BCUT2D eigenvalue weighted by atomic mass is 19.4. The molecule has 2 atom stereocenters. The lowest BCUT2D eigenvalue weighted by atomic mass is 9.78. The number of alkyl halides is 6. The molecule has 0 aliphatic carbocycles. The highest BCUT2D eigenvalue weighted by Gasteiger charge is 2.49. The molecule has 0 saturated carbocycles. The van der Waals surface area contributed by atoms with Crippen molar-refractivity contribution in [2.45, 2.75) is 32.3 Å². The largest absolute Gasteiger partial charge is 0.490 e. The monoisotopic (exact) mass is 560 g/mol. The van der Waals surface area contributed by atoms with E-state index in [9.17, 15) is 26.3 Å². The Labute approximate surface area is 217 Å². The molecule has 14 heteroatoms. The Morgan fingerprint density at radius 1 is 1.00 bits per heavy atom. The van der Waals surface area contributed by atoms with Crippen LogP contribution in [0.15, 0.2) is 30.3 Å². The van der Waals surface area contributed by atoms with Gasteiger partial charge in [0.2, 0.25) is 0 Å². The van der Waals surface area contributed by atoms with Crippen LogP contribution in [0.25, 0.3) is 0 Å². The summed E-state index contributed by atoms with van der Waals surface area (Å²) in [6, 6.07) is 10.4. The van der Waals surface area contributed by atoms with Crippen LogP contribution >= 0.6 is 0 Å². The number of aliphatic carboxylic acids is 2. The molecule has 0 bridgehead atoms. The molecule has 2 fully saturated rings. The number of halogens is 6. The summed E-state index contributed by atoms with van der Waals surface area (Å²) in [5, 5.41) is 14.2. The summed E-state index contributed by atoms with van der Waals surface area (Å²) in [7, 11) is 1.84. The predicted molar refractivity (Wildman–Crippen MR) is 124 cm³/mol. The van der Waals surface area contributed by atoms with E-state index >= 15 is 0 Å². The molecule has 8 nitrogen and oxygen atoms in total. The van der Waals surface area contributed by atoms with Gasteiger partial charge in [-0.15, -0.1) is 0 Å². The second-order valence-electron chi connectivity index (χ2n) is 9.01. The first kappa shape index (κ1) is 33.6. The summed E-state index contributed by atoms with van der Waals surface area (Å²) in [5.74, 6) is -4.84. The van der Waals surface area contributed by atoms with E-state index in [4.69, 9.17) is 29.3 Å². The molecule has 1 aromatic rings. The summed E-state index contributed by atoms with van der Waals surface area (Å²) in [6.45, 7) is 11.7. The number of carboxylic acids is 2. The zero-order chi connectivity index (χ0) is 29.0. The number of rotatable bonds is 8. The molecule has 0 amide bonds. The van der Waals surface area contributed by atoms with E-state index in [1.54, 1.807) is 0 Å². The third kappa shape index (κ3) is 11.5. The van der Waals surface area contributed by atoms with Gasteiger partial charge in [-0.3, -0.25) is 0 Å². The van der Waals surface area contributed by atoms with E-state index < -0.39 is 24.3 Å². The Balaban J connectivity index is 0.000000426. The van der Waals surface area contributed by atoms with Crippen molar-refractivity contribution in [2.24, 2.45) is 11.3 Å². The number of methoxy groups -OCH3 is 1. The van der Waals surface area contributed by atoms with E-state index in [-0.39, 0.29) is 0 Å². The van der Waals surface area contributed by atoms with Gasteiger partial charge in [0.25, 0.3) is 0 Å². The van der Waals surface area contributed by atoms with Crippen LogP contribution in [0.4, 0.5) is 26.3 Å². The van der Waals surface area contributed by atoms with Gasteiger partial charge in [0.1, 0.15) is 0 Å². The van der Waals surface area contributed by atoms with Crippen molar-refractivity contribution < 1.29 is 55.6 Å². The first-order chi connectivity index (χ1) is 17.6. The molecular formula is C24H34F6N2O6. The molecule has 3 rings (SSSR count). The molecule has 2 heterocycles. The summed E-state index contributed by atoms with van der Waals surface area (Å²) < 4.78 is 74.9. The van der Waals surface area contributed by atoms with Gasteiger partial charge in [-0.05, 0) is 25.1 Å². The average Bonchev–Trinajstić information content (AvgIpc) is 3.40. The summed E-state index contributed by atoms with van der Waals surface area (Å²) in [5.41, 5.74) is 1.69. The number of nitrogens with zero attached hydrogens (tertiary/aromatic N) is 2. The molecule has 38 heavy (non-hydrogen) atoms. The quantitative estimate of drug-likeness (QED) is 0.367. The molecule has 1 spiro atoms. The average molecular weight is 561 g/mol. The second kappa shape index (κ2) is 15.2. The molecule has 2 aliphatic heterocycles. The summed E-state index contributed by atoms with van der Waals surface area (Å²) in [4.78, 5) is 23.0. The van der Waals surface area contributed by atoms with Gasteiger partial charge < -0.3 is 29.5 Å². The van der Waals surface area contributed by atoms with Gasteiger partial charge in [-0.25, -0.2) is 9.59 Å². The van der Waals surface area contributed by atoms with Crippen LogP contribution in [0.3, 0.4) is 0 Å². The van der Waals surface area contributed by atoms with Gasteiger partial charge in [0, 0.05) is 44.6 Å². The zero-order valence-electron chi connectivity index (χ0n) is 21.2. The van der Waals surface area contributed by atoms with Gasteiger partial charge >= 0.3 is 24.3 Å². The van der Waals surface area contributed by atoms with Crippen molar-refractivity contribution in [1.29, 1.82) is 0 Å². The van der Waals surface area contributed by atoms with Crippen LogP contribution in [0.1, 0.15) is 18.9 Å². The minimum Gasteiger partial charge on any atom is -0.475 e. The van der Waals surface area contributed by atoms with E-state index in [2.05, 4.69) is 41.0 Å². The number of hydrogen-bond acceptors (Lipinski definition) is 6. The van der Waals surface area contributed by atoms with Crippen molar-refractivity contribution in [1.82, 2.24) is 9.80 Å². The van der Waals surface area contributed by atoms with Crippen LogP contribution in [-0.4, -0.2) is 104 Å². The molecule has 0 unspecified atom stereocenters. The smallest absolute Gasteiger partial charge is 0.475 e. The predicted octanol–water partition coefficient (Wildman–Crippen LogP) is 3.76. The Bertz CT molecular complexity index is 831. The number of likely N-dealkylation sites (tertiary alicyclic amines) is 2. The van der Waals surface area contributed by atoms with Crippen molar-refractivity contribution in [3.05, 3.63) is 35.9 Å². The standard InChI is InChI=1S/C20H32N2O2.2C2HF3O2/c1-3-21-13-19(15-23-2)20(16-21)9-10-22(17-20)11-12-24-14-18-7-5-4-6-8-18;2*3-2(4,5)1(6)7/h4-8,19H,3,9-17H2,1-2H3;2*(H,6,7)/t19-,20-;;/m1../s1. The Hall–Kier alpha value is -2.42. The zero-order valence-corrected chi connectivity index (χ0v) is 21.2. The highest BCUT2D eigenvalue weighted by molar-refractivity contribution is 5.73. The highest BCUT2D eigenvalue weighted by Crippen LogP contribution is 2.43. The number of benzene rings is 1. The normalized spacial score (nSPS) is 21.9. The van der Waals surface area contributed by atoms with Crippen LogP contribution in [0.2, 0.25) is 0 Å². The van der Waals surface area contributed by atoms with Crippen molar-refractivity contribution >= 4 is 11.9 Å². The fraction of sp³-hybridized carbons (Fsp3) is 0.667. The van der Waals surface area contributed by atoms with Crippen molar-refractivity contribution in [2.75, 3.05) is 59.6 Å². The topological polar surface area (TPSA) is 99.5 Å². The molecule has 0 radical (unpaired) electrons. The fourth-order valence-electron chi connectivity index (χ4n) is 4.41. The van der Waals surface area contributed by atoms with Crippen LogP contribution < -0.4 is 0 Å². The van der Waals surface area contributed by atoms with E-state index in [0.717, 1.165) is 32.9 Å². The molecule has 0 aromatic heterocycles. The molecule has 2 aliphatic rings. The van der Waals surface area contributed by atoms with Gasteiger partial charge in [0.05, 0.1) is 19.8 Å². The third-order valence-electron chi connectivity index (χ3n) is 6.31. The lowest BCUT2D eigenvalue weighted by Crippen LogP contribution is -2.37. The maximum absolute atomic E-state index is 10.6. The van der Waals surface area contributed by atoms with Crippen LogP contribution in [-0.2, 0) is 25.7 Å². The number of hydrogen-bond donors (Lipinski definition) is 2. The molecule has 1 aromatic carbocycles. The maximum Gasteiger partial charge on any atom is 0.490 e. The van der Waals surface area contributed by atoms with Gasteiger partial charge in [-0.2, -0.15) is 26.3 Å². The van der Waals surface area contributed by atoms with Gasteiger partial charge in [-0.1, -0.05) is 37.3 Å². The maximum atomic E-state index is 10.6. The Morgan fingerprint density at radius 2 is 1.53 bits per heavy atom. The number of ether oxygens (including phenoxy) is 2. The SMILES string of the molecule is CCN1C[C@H](COC)[C@]2(CCN(CCOCc3ccccc3)C2)C1.O=C(O)C(F)(F)F.O=C(O)C(F)(F)F. The van der Waals surface area contributed by atoms with E-state index in [0.29, 0.717) is 11.3 Å². The van der Waals surface area contributed by atoms with Gasteiger partial charge in [0.15, 0.2) is 0 Å². The number of carboxylic acid groups (broad SMARTS) is 2. The van der Waals surface area contributed by atoms with E-state index in [1.165, 1.54) is 38.2 Å². The lowest BCUT2D eigenvalue weighted by Gasteiger charge is -2.30. The minimum absolute atomic E-state index is 0.436. The molecule has 2 N–H and O–H groups in total. The summed E-state index contributed by atoms with van der Waals surface area (Å²) >= 11 is 0. The second-order valence-corrected chi connectivity index (χ2v) is 9.01. The minimum atomic E-state index is -5.08. The lowest BCUT2D eigenvalue weighted by molar-refractivity contribution is -0.193. The molecule has 218 valence electrons. The first-order valence-corrected chi connectivity index (χ1v) is 11.8. The Kier molecular flexibility index (Phi) is 13.5. The fourth-order valence-corrected chi connectivity index (χ4v) is 4.41. The van der Waals surface area contributed by atoms with Crippen molar-refractivity contribution in [3.8, 4) is 0 Å². The van der Waals surface area contributed by atoms with Crippen molar-refractivity contribution in [3.63, 3.8) is 0 Å². The third-order valence-corrected chi connectivity index (χ3v) is 6.31. The Morgan fingerprint density at radius 3 is 2.00 bits per heavy atom.